The molecule has 0 aromatic heterocycles. The lowest BCUT2D eigenvalue weighted by atomic mass is 9.96. The van der Waals surface area contributed by atoms with E-state index < -0.39 is 18.0 Å². The zero-order valence-electron chi connectivity index (χ0n) is 14.5. The van der Waals surface area contributed by atoms with Crippen molar-refractivity contribution >= 4 is 17.8 Å². The summed E-state index contributed by atoms with van der Waals surface area (Å²) in [6.45, 7) is 0.576. The lowest BCUT2D eigenvalue weighted by Crippen LogP contribution is -2.26. The smallest absolute Gasteiger partial charge is 0.407 e. The predicted molar refractivity (Wildman–Crippen MR) is 92.7 cm³/mol. The molecule has 3 N–H and O–H groups in total. The van der Waals surface area contributed by atoms with Gasteiger partial charge in [-0.1, -0.05) is 36.8 Å². The number of amides is 1. The quantitative estimate of drug-likeness (QED) is 0.465. The van der Waals surface area contributed by atoms with Gasteiger partial charge in [-0.3, -0.25) is 9.59 Å². The summed E-state index contributed by atoms with van der Waals surface area (Å²) in [4.78, 5) is 34.6. The Bertz CT molecular complexity index is 548. The van der Waals surface area contributed by atoms with Gasteiger partial charge in [-0.15, -0.1) is 0 Å². The van der Waals surface area contributed by atoms with Gasteiger partial charge in [-0.2, -0.15) is 0 Å². The molecule has 1 rings (SSSR count). The number of hydrogen-bond donors (Lipinski definition) is 2. The van der Waals surface area contributed by atoms with Crippen LogP contribution in [0.1, 0.15) is 31.2 Å². The number of carbonyl (C=O) groups is 3. The minimum atomic E-state index is -0.480. The summed E-state index contributed by atoms with van der Waals surface area (Å²) in [5, 5.41) is 2.66. The molecule has 1 atom stereocenters. The van der Waals surface area contributed by atoms with Crippen molar-refractivity contribution in [3.8, 4) is 0 Å². The van der Waals surface area contributed by atoms with Crippen LogP contribution in [0.3, 0.4) is 0 Å². The SMILES string of the molecule is COC(=O)[C@H](CCCCNC(=O)OCc1ccccc1)CC(=O)CN. The second-order valence-electron chi connectivity index (χ2n) is 5.65. The Kier molecular flexibility index (Phi) is 9.92. The molecule has 1 aromatic carbocycles. The first-order chi connectivity index (χ1) is 12.1. The third-order valence-corrected chi connectivity index (χ3v) is 3.70. The van der Waals surface area contributed by atoms with Crippen LogP contribution >= 0.6 is 0 Å². The number of esters is 1. The lowest BCUT2D eigenvalue weighted by Gasteiger charge is -2.13. The number of unbranched alkanes of at least 4 members (excludes halogenated alkanes) is 1. The Morgan fingerprint density at radius 3 is 2.52 bits per heavy atom. The standard InChI is InChI=1S/C18H26N2O5/c1-24-17(22)15(11-16(21)12-19)9-5-6-10-20-18(23)25-13-14-7-3-2-4-8-14/h2-4,7-8,15H,5-6,9-13,19H2,1H3,(H,20,23)/t15-/m1/s1. The van der Waals surface area contributed by atoms with Crippen molar-refractivity contribution in [1.29, 1.82) is 0 Å². The highest BCUT2D eigenvalue weighted by atomic mass is 16.5. The monoisotopic (exact) mass is 350 g/mol. The molecule has 0 heterocycles. The van der Waals surface area contributed by atoms with E-state index in [9.17, 15) is 14.4 Å². The molecule has 0 aliphatic rings. The van der Waals surface area contributed by atoms with Crippen LogP contribution in [0.5, 0.6) is 0 Å². The molecular formula is C18H26N2O5. The molecule has 1 aromatic rings. The molecule has 0 bridgehead atoms. The minimum absolute atomic E-state index is 0.0810. The van der Waals surface area contributed by atoms with E-state index in [1.807, 2.05) is 30.3 Å². The van der Waals surface area contributed by atoms with Crippen LogP contribution in [0, 0.1) is 5.92 Å². The number of Topliss-reactive ketones (excluding diaryl/α,β-unsaturated/α-hetero) is 1. The predicted octanol–water partition coefficient (Wildman–Crippen LogP) is 1.79. The van der Waals surface area contributed by atoms with Crippen molar-refractivity contribution in [2.24, 2.45) is 11.7 Å². The molecule has 0 unspecified atom stereocenters. The molecular weight excluding hydrogens is 324 g/mol. The van der Waals surface area contributed by atoms with Crippen LogP contribution in [0.2, 0.25) is 0 Å². The van der Waals surface area contributed by atoms with Gasteiger partial charge in [0.1, 0.15) is 12.4 Å². The van der Waals surface area contributed by atoms with E-state index in [2.05, 4.69) is 5.32 Å². The summed E-state index contributed by atoms with van der Waals surface area (Å²) in [5.41, 5.74) is 6.20. The summed E-state index contributed by atoms with van der Waals surface area (Å²) in [6.07, 6.45) is 1.47. The number of nitrogens with two attached hydrogens (primary N) is 1. The number of ether oxygens (including phenoxy) is 2. The lowest BCUT2D eigenvalue weighted by molar-refractivity contribution is -0.147. The van der Waals surface area contributed by atoms with Gasteiger partial charge in [0, 0.05) is 13.0 Å². The maximum atomic E-state index is 11.7. The third kappa shape index (κ3) is 8.85. The van der Waals surface area contributed by atoms with Crippen molar-refractivity contribution in [1.82, 2.24) is 5.32 Å². The fraction of sp³-hybridized carbons (Fsp3) is 0.500. The van der Waals surface area contributed by atoms with E-state index in [1.54, 1.807) is 0 Å². The van der Waals surface area contributed by atoms with E-state index in [0.29, 0.717) is 25.8 Å². The van der Waals surface area contributed by atoms with E-state index in [0.717, 1.165) is 5.56 Å². The van der Waals surface area contributed by atoms with Gasteiger partial charge in [-0.05, 0) is 18.4 Å². The van der Waals surface area contributed by atoms with Crippen molar-refractivity contribution in [3.63, 3.8) is 0 Å². The van der Waals surface area contributed by atoms with Gasteiger partial charge >= 0.3 is 12.1 Å². The first-order valence-electron chi connectivity index (χ1n) is 8.31. The molecule has 7 nitrogen and oxygen atoms in total. The third-order valence-electron chi connectivity index (χ3n) is 3.70. The average molecular weight is 350 g/mol. The second kappa shape index (κ2) is 12.0. The fourth-order valence-corrected chi connectivity index (χ4v) is 2.31. The topological polar surface area (TPSA) is 108 Å². The van der Waals surface area contributed by atoms with Crippen LogP contribution in [-0.4, -0.2) is 38.0 Å². The maximum Gasteiger partial charge on any atom is 0.407 e. The van der Waals surface area contributed by atoms with Crippen LogP contribution in [0.15, 0.2) is 30.3 Å². The highest BCUT2D eigenvalue weighted by molar-refractivity contribution is 5.85. The van der Waals surface area contributed by atoms with E-state index in [-0.39, 0.29) is 25.4 Å². The summed E-state index contributed by atoms with van der Waals surface area (Å²) in [5.74, 6) is -1.05. The summed E-state index contributed by atoms with van der Waals surface area (Å²) >= 11 is 0. The number of benzene rings is 1. The number of nitrogens with one attached hydrogen (secondary N) is 1. The number of alkyl carbamates (subject to hydrolysis) is 1. The molecule has 0 radical (unpaired) electrons. The van der Waals surface area contributed by atoms with Gasteiger partial charge < -0.3 is 20.5 Å². The van der Waals surface area contributed by atoms with Gasteiger partial charge in [-0.25, -0.2) is 4.79 Å². The normalized spacial score (nSPS) is 11.4. The number of carbonyl (C=O) groups excluding carboxylic acids is 3. The molecule has 25 heavy (non-hydrogen) atoms. The number of rotatable bonds is 11. The van der Waals surface area contributed by atoms with Gasteiger partial charge in [0.2, 0.25) is 0 Å². The van der Waals surface area contributed by atoms with E-state index in [4.69, 9.17) is 15.2 Å². The highest BCUT2D eigenvalue weighted by Crippen LogP contribution is 2.15. The molecule has 0 aliphatic carbocycles. The Labute approximate surface area is 147 Å². The van der Waals surface area contributed by atoms with Crippen molar-refractivity contribution in [2.45, 2.75) is 32.3 Å². The van der Waals surface area contributed by atoms with Crippen molar-refractivity contribution in [2.75, 3.05) is 20.2 Å². The first kappa shape index (κ1) is 20.6. The van der Waals surface area contributed by atoms with Gasteiger partial charge in [0.05, 0.1) is 19.6 Å². The molecule has 0 saturated carbocycles. The average Bonchev–Trinajstić information content (AvgIpc) is 2.65. The zero-order chi connectivity index (χ0) is 18.5. The van der Waals surface area contributed by atoms with Crippen LogP contribution < -0.4 is 11.1 Å². The number of ketones is 1. The number of hydrogen-bond acceptors (Lipinski definition) is 6. The summed E-state index contributed by atoms with van der Waals surface area (Å²) < 4.78 is 9.80. The molecule has 0 aliphatic heterocycles. The summed E-state index contributed by atoms with van der Waals surface area (Å²) in [6, 6.07) is 9.41. The van der Waals surface area contributed by atoms with Crippen LogP contribution in [0.25, 0.3) is 0 Å². The van der Waals surface area contributed by atoms with Crippen molar-refractivity contribution in [3.05, 3.63) is 35.9 Å². The number of methoxy groups -OCH3 is 1. The van der Waals surface area contributed by atoms with Gasteiger partial charge in [0.15, 0.2) is 0 Å². The van der Waals surface area contributed by atoms with E-state index in [1.165, 1.54) is 7.11 Å². The van der Waals surface area contributed by atoms with Crippen LogP contribution in [0.4, 0.5) is 4.79 Å². The first-order valence-corrected chi connectivity index (χ1v) is 8.31. The molecule has 0 fully saturated rings. The van der Waals surface area contributed by atoms with Crippen LogP contribution in [-0.2, 0) is 25.7 Å². The van der Waals surface area contributed by atoms with Crippen molar-refractivity contribution < 1.29 is 23.9 Å². The molecule has 138 valence electrons. The Balaban J connectivity index is 2.19. The highest BCUT2D eigenvalue weighted by Gasteiger charge is 2.21. The fourth-order valence-electron chi connectivity index (χ4n) is 2.31. The molecule has 7 heteroatoms. The minimum Gasteiger partial charge on any atom is -0.469 e. The Morgan fingerprint density at radius 1 is 1.16 bits per heavy atom. The maximum absolute atomic E-state index is 11.7. The second-order valence-corrected chi connectivity index (χ2v) is 5.65. The molecule has 0 saturated heterocycles. The van der Waals surface area contributed by atoms with Gasteiger partial charge in [0.25, 0.3) is 0 Å². The Hall–Kier alpha value is -2.41. The largest absolute Gasteiger partial charge is 0.469 e. The van der Waals surface area contributed by atoms with E-state index >= 15 is 0 Å². The molecule has 0 spiro atoms. The Morgan fingerprint density at radius 2 is 1.88 bits per heavy atom. The zero-order valence-corrected chi connectivity index (χ0v) is 14.5. The summed E-state index contributed by atoms with van der Waals surface area (Å²) in [7, 11) is 1.30. The molecule has 1 amide bonds.